The second-order valence-electron chi connectivity index (χ2n) is 4.55. The predicted octanol–water partition coefficient (Wildman–Crippen LogP) is 1.89. The monoisotopic (exact) mass is 208 g/mol. The van der Waals surface area contributed by atoms with Crippen molar-refractivity contribution in [1.82, 2.24) is 10.3 Å². The van der Waals surface area contributed by atoms with E-state index in [0.717, 1.165) is 5.56 Å². The van der Waals surface area contributed by atoms with Crippen LogP contribution < -0.4 is 5.32 Å². The topological polar surface area (TPSA) is 45.1 Å². The van der Waals surface area contributed by atoms with Crippen molar-refractivity contribution >= 4 is 0 Å². The van der Waals surface area contributed by atoms with E-state index in [0.29, 0.717) is 0 Å². The van der Waals surface area contributed by atoms with E-state index in [1.165, 1.54) is 0 Å². The van der Waals surface area contributed by atoms with E-state index in [1.807, 2.05) is 25.3 Å². The second-order valence-corrected chi connectivity index (χ2v) is 4.55. The Kier molecular flexibility index (Phi) is 3.83. The molecule has 3 nitrogen and oxygen atoms in total. The van der Waals surface area contributed by atoms with Crippen molar-refractivity contribution in [1.29, 1.82) is 0 Å². The molecule has 1 rings (SSSR count). The molecule has 0 amide bonds. The van der Waals surface area contributed by atoms with Gasteiger partial charge in [0.2, 0.25) is 0 Å². The minimum Gasteiger partial charge on any atom is -0.389 e. The van der Waals surface area contributed by atoms with Crippen LogP contribution in [0.3, 0.4) is 0 Å². The fourth-order valence-corrected chi connectivity index (χ4v) is 1.31. The number of nitrogens with zero attached hydrogens (tertiary/aromatic N) is 1. The lowest BCUT2D eigenvalue weighted by Gasteiger charge is -2.29. The Morgan fingerprint density at radius 1 is 1.40 bits per heavy atom. The van der Waals surface area contributed by atoms with Crippen LogP contribution in [0.1, 0.15) is 39.3 Å². The highest BCUT2D eigenvalue weighted by Crippen LogP contribution is 2.15. The molecule has 0 aromatic carbocycles. The lowest BCUT2D eigenvalue weighted by molar-refractivity contribution is 0.0405. The van der Waals surface area contributed by atoms with Crippen molar-refractivity contribution in [3.05, 3.63) is 30.1 Å². The van der Waals surface area contributed by atoms with Crippen LogP contribution >= 0.6 is 0 Å². The van der Waals surface area contributed by atoms with Crippen molar-refractivity contribution in [2.45, 2.75) is 45.4 Å². The lowest BCUT2D eigenvalue weighted by Crippen LogP contribution is -2.45. The first kappa shape index (κ1) is 12.1. The first-order valence-electron chi connectivity index (χ1n) is 5.29. The molecule has 84 valence electrons. The highest BCUT2D eigenvalue weighted by molar-refractivity contribution is 5.13. The summed E-state index contributed by atoms with van der Waals surface area (Å²) in [7, 11) is 0. The molecule has 0 bridgehead atoms. The number of aromatic nitrogens is 1. The van der Waals surface area contributed by atoms with Crippen molar-refractivity contribution in [3.8, 4) is 0 Å². The van der Waals surface area contributed by atoms with Crippen molar-refractivity contribution < 1.29 is 5.11 Å². The maximum absolute atomic E-state index is 9.80. The number of hydrogen-bond donors (Lipinski definition) is 2. The minimum atomic E-state index is -0.712. The fraction of sp³-hybridized carbons (Fsp3) is 0.583. The van der Waals surface area contributed by atoms with Gasteiger partial charge in [-0.2, -0.15) is 0 Å². The molecule has 0 aliphatic rings. The third-order valence-electron chi connectivity index (χ3n) is 2.74. The summed E-state index contributed by atoms with van der Waals surface area (Å²) in [6.45, 7) is 7.66. The van der Waals surface area contributed by atoms with Crippen molar-refractivity contribution in [3.63, 3.8) is 0 Å². The first-order valence-corrected chi connectivity index (χ1v) is 5.29. The molecule has 2 N–H and O–H groups in total. The van der Waals surface area contributed by atoms with E-state index in [1.54, 1.807) is 20.0 Å². The van der Waals surface area contributed by atoms with Crippen LogP contribution in [0.5, 0.6) is 0 Å². The third kappa shape index (κ3) is 3.61. The number of rotatable bonds is 4. The summed E-state index contributed by atoms with van der Waals surface area (Å²) < 4.78 is 0. The van der Waals surface area contributed by atoms with Crippen LogP contribution in [0.15, 0.2) is 24.5 Å². The Morgan fingerprint density at radius 2 is 2.07 bits per heavy atom. The third-order valence-corrected chi connectivity index (χ3v) is 2.74. The Morgan fingerprint density at radius 3 is 2.53 bits per heavy atom. The summed E-state index contributed by atoms with van der Waals surface area (Å²) in [6, 6.07) is 4.18. The molecular formula is C12H20N2O. The largest absolute Gasteiger partial charge is 0.389 e. The van der Waals surface area contributed by atoms with Crippen LogP contribution in [0.25, 0.3) is 0 Å². The van der Waals surface area contributed by atoms with Crippen LogP contribution in [0.4, 0.5) is 0 Å². The van der Waals surface area contributed by atoms with Gasteiger partial charge in [0.05, 0.1) is 5.60 Å². The molecule has 0 aliphatic carbocycles. The molecule has 0 saturated heterocycles. The van der Waals surface area contributed by atoms with E-state index in [4.69, 9.17) is 0 Å². The molecule has 1 heterocycles. The zero-order chi connectivity index (χ0) is 11.5. The van der Waals surface area contributed by atoms with Gasteiger partial charge in [0.1, 0.15) is 0 Å². The highest BCUT2D eigenvalue weighted by atomic mass is 16.3. The van der Waals surface area contributed by atoms with Gasteiger partial charge in [0.15, 0.2) is 0 Å². The zero-order valence-electron chi connectivity index (χ0n) is 9.86. The van der Waals surface area contributed by atoms with Gasteiger partial charge in [0.25, 0.3) is 0 Å². The van der Waals surface area contributed by atoms with Gasteiger partial charge in [0, 0.05) is 24.5 Å². The van der Waals surface area contributed by atoms with Crippen LogP contribution in [-0.4, -0.2) is 21.7 Å². The quantitative estimate of drug-likeness (QED) is 0.794. The summed E-state index contributed by atoms with van der Waals surface area (Å²) in [5, 5.41) is 13.1. The van der Waals surface area contributed by atoms with Gasteiger partial charge in [-0.25, -0.2) is 0 Å². The van der Waals surface area contributed by atoms with Gasteiger partial charge in [-0.05, 0) is 39.3 Å². The summed E-state index contributed by atoms with van der Waals surface area (Å²) in [6.07, 6.45) is 3.60. The Balaban J connectivity index is 2.61. The molecule has 0 fully saturated rings. The van der Waals surface area contributed by atoms with Gasteiger partial charge in [-0.1, -0.05) is 6.07 Å². The number of nitrogens with one attached hydrogen (secondary N) is 1. The number of pyridine rings is 1. The van der Waals surface area contributed by atoms with Crippen LogP contribution in [-0.2, 0) is 0 Å². The maximum Gasteiger partial charge on any atom is 0.0741 e. The van der Waals surface area contributed by atoms with Gasteiger partial charge in [-0.3, -0.25) is 4.98 Å². The lowest BCUT2D eigenvalue weighted by atomic mass is 9.99. The van der Waals surface area contributed by atoms with Crippen LogP contribution in [0.2, 0.25) is 0 Å². The molecule has 2 unspecified atom stereocenters. The fourth-order valence-electron chi connectivity index (χ4n) is 1.31. The molecular weight excluding hydrogens is 188 g/mol. The van der Waals surface area contributed by atoms with Crippen molar-refractivity contribution in [2.24, 2.45) is 0 Å². The average molecular weight is 208 g/mol. The van der Waals surface area contributed by atoms with E-state index in [2.05, 4.69) is 17.2 Å². The Labute approximate surface area is 91.5 Å². The average Bonchev–Trinajstić information content (AvgIpc) is 2.17. The molecule has 15 heavy (non-hydrogen) atoms. The molecule has 1 aromatic heterocycles. The summed E-state index contributed by atoms with van der Waals surface area (Å²) in [5.41, 5.74) is 0.421. The summed E-state index contributed by atoms with van der Waals surface area (Å²) in [5.74, 6) is 0. The normalized spacial score (nSPS) is 16.1. The Hall–Kier alpha value is -0.930. The molecule has 1 aromatic rings. The zero-order valence-corrected chi connectivity index (χ0v) is 9.86. The smallest absolute Gasteiger partial charge is 0.0741 e. The molecule has 2 atom stereocenters. The SMILES string of the molecule is CC(NC(C)C(C)(C)O)c1cccnc1. The van der Waals surface area contributed by atoms with Crippen molar-refractivity contribution in [2.75, 3.05) is 0 Å². The maximum atomic E-state index is 9.80. The first-order chi connectivity index (χ1) is 6.91. The van der Waals surface area contributed by atoms with Gasteiger partial charge in [-0.15, -0.1) is 0 Å². The summed E-state index contributed by atoms with van der Waals surface area (Å²) >= 11 is 0. The second kappa shape index (κ2) is 4.73. The van der Waals surface area contributed by atoms with Gasteiger partial charge >= 0.3 is 0 Å². The molecule has 0 radical (unpaired) electrons. The highest BCUT2D eigenvalue weighted by Gasteiger charge is 2.23. The molecule has 0 saturated carbocycles. The minimum absolute atomic E-state index is 0.0349. The Bertz CT molecular complexity index is 292. The molecule has 0 aliphatic heterocycles. The van der Waals surface area contributed by atoms with E-state index in [-0.39, 0.29) is 12.1 Å². The number of aliphatic hydroxyl groups is 1. The van der Waals surface area contributed by atoms with Crippen LogP contribution in [0, 0.1) is 0 Å². The van der Waals surface area contributed by atoms with Gasteiger partial charge < -0.3 is 10.4 Å². The summed E-state index contributed by atoms with van der Waals surface area (Å²) in [4.78, 5) is 4.07. The van der Waals surface area contributed by atoms with E-state index >= 15 is 0 Å². The van der Waals surface area contributed by atoms with E-state index < -0.39 is 5.60 Å². The van der Waals surface area contributed by atoms with E-state index in [9.17, 15) is 5.11 Å². The predicted molar refractivity (Wildman–Crippen MR) is 61.5 cm³/mol. The molecule has 3 heteroatoms. The molecule has 0 spiro atoms. The standard InChI is InChI=1S/C12H20N2O/c1-9(11-6-5-7-13-8-11)14-10(2)12(3,4)15/h5-10,14-15H,1-4H3. The number of hydrogen-bond acceptors (Lipinski definition) is 3.